The molecule has 36 heavy (non-hydrogen) atoms. The van der Waals surface area contributed by atoms with Gasteiger partial charge in [0, 0.05) is 0 Å². The Morgan fingerprint density at radius 1 is 0.722 bits per heavy atom. The fourth-order valence-corrected chi connectivity index (χ4v) is 4.34. The van der Waals surface area contributed by atoms with E-state index in [1.807, 2.05) is 0 Å². The van der Waals surface area contributed by atoms with Gasteiger partial charge < -0.3 is 10.1 Å². The molecule has 0 saturated carbocycles. The van der Waals surface area contributed by atoms with E-state index in [0.29, 0.717) is 0 Å². The predicted octanol–water partition coefficient (Wildman–Crippen LogP) is 8.67. The van der Waals surface area contributed by atoms with Crippen LogP contribution in [0.2, 0.25) is 0 Å². The second-order valence-corrected chi connectivity index (χ2v) is 9.97. The van der Waals surface area contributed by atoms with Gasteiger partial charge in [-0.3, -0.25) is 4.79 Å². The highest BCUT2D eigenvalue weighted by Crippen LogP contribution is 2.15. The van der Waals surface area contributed by atoms with Crippen LogP contribution in [0.15, 0.2) is 18.2 Å². The average molecular weight is 510 g/mol. The average Bonchev–Trinajstić information content (AvgIpc) is 2.85. The van der Waals surface area contributed by atoms with Crippen LogP contribution in [-0.2, 0) is 9.53 Å². The fraction of sp³-hybridized carbons (Fsp3) is 0.733. The number of amides is 1. The molecule has 1 rings (SSSR count). The Hall–Kier alpha value is -1.98. The summed E-state index contributed by atoms with van der Waals surface area (Å²) >= 11 is 0. The molecule has 0 bridgehead atoms. The lowest BCUT2D eigenvalue weighted by Crippen LogP contribution is -2.40. The van der Waals surface area contributed by atoms with Gasteiger partial charge in [-0.05, 0) is 25.5 Å². The molecule has 0 aliphatic carbocycles. The minimum atomic E-state index is -0.980. The van der Waals surface area contributed by atoms with Crippen LogP contribution in [0.25, 0.3) is 0 Å². The van der Waals surface area contributed by atoms with Gasteiger partial charge in [0.05, 0.1) is 6.61 Å². The van der Waals surface area contributed by atoms with Crippen LogP contribution < -0.4 is 5.32 Å². The highest BCUT2D eigenvalue weighted by atomic mass is 19.1. The van der Waals surface area contributed by atoms with Crippen molar-refractivity contribution < 1.29 is 23.1 Å². The molecule has 0 heterocycles. The molecule has 206 valence electrons. The van der Waals surface area contributed by atoms with Gasteiger partial charge in [0.25, 0.3) is 5.91 Å². The summed E-state index contributed by atoms with van der Waals surface area (Å²) < 4.78 is 32.5. The second kappa shape index (κ2) is 21.1. The van der Waals surface area contributed by atoms with E-state index in [9.17, 15) is 18.4 Å². The van der Waals surface area contributed by atoms with Crippen molar-refractivity contribution >= 4 is 11.9 Å². The molecule has 1 N–H and O–H groups in total. The maximum Gasteiger partial charge on any atom is 0.328 e. The van der Waals surface area contributed by atoms with E-state index >= 15 is 0 Å². The van der Waals surface area contributed by atoms with Gasteiger partial charge in [0.15, 0.2) is 0 Å². The van der Waals surface area contributed by atoms with Crippen molar-refractivity contribution in [1.82, 2.24) is 5.32 Å². The highest BCUT2D eigenvalue weighted by Gasteiger charge is 2.22. The van der Waals surface area contributed by atoms with Gasteiger partial charge in [-0.1, -0.05) is 122 Å². The zero-order valence-corrected chi connectivity index (χ0v) is 22.7. The molecule has 0 aliphatic rings. The quantitative estimate of drug-likeness (QED) is 0.126. The van der Waals surface area contributed by atoms with Crippen LogP contribution in [0.4, 0.5) is 8.78 Å². The number of unbranched alkanes of at least 4 members (excludes halogenated alkanes) is 17. The lowest BCUT2D eigenvalue weighted by molar-refractivity contribution is -0.145. The lowest BCUT2D eigenvalue weighted by atomic mass is 10.0. The Morgan fingerprint density at radius 2 is 1.11 bits per heavy atom. The largest absolute Gasteiger partial charge is 0.464 e. The Labute approximate surface area is 218 Å². The minimum Gasteiger partial charge on any atom is -0.464 e. The van der Waals surface area contributed by atoms with Gasteiger partial charge >= 0.3 is 5.97 Å². The molecule has 4 nitrogen and oxygen atoms in total. The number of carbonyl (C=O) groups is 2. The number of carbonyl (C=O) groups excluding carboxylic acids is 2. The smallest absolute Gasteiger partial charge is 0.328 e. The number of benzene rings is 1. The lowest BCUT2D eigenvalue weighted by Gasteiger charge is -2.14. The fourth-order valence-electron chi connectivity index (χ4n) is 4.34. The third-order valence-electron chi connectivity index (χ3n) is 6.63. The number of hydrogen-bond donors (Lipinski definition) is 1. The second-order valence-electron chi connectivity index (χ2n) is 9.97. The number of esters is 1. The van der Waals surface area contributed by atoms with Gasteiger partial charge in [-0.15, -0.1) is 0 Å². The van der Waals surface area contributed by atoms with E-state index in [-0.39, 0.29) is 6.61 Å². The Morgan fingerprint density at radius 3 is 1.53 bits per heavy atom. The van der Waals surface area contributed by atoms with E-state index in [2.05, 4.69) is 12.2 Å². The van der Waals surface area contributed by atoms with Crippen LogP contribution in [0, 0.1) is 11.6 Å². The summed E-state index contributed by atoms with van der Waals surface area (Å²) in [7, 11) is 0. The van der Waals surface area contributed by atoms with Crippen molar-refractivity contribution in [3.05, 3.63) is 35.4 Å². The number of hydrogen-bond acceptors (Lipinski definition) is 3. The maximum absolute atomic E-state index is 13.7. The first-order chi connectivity index (χ1) is 17.5. The van der Waals surface area contributed by atoms with Gasteiger partial charge in [0.1, 0.15) is 23.2 Å². The normalized spacial score (nSPS) is 11.9. The van der Waals surface area contributed by atoms with Crippen molar-refractivity contribution in [2.45, 2.75) is 135 Å². The van der Waals surface area contributed by atoms with Crippen LogP contribution >= 0.6 is 0 Å². The number of nitrogens with one attached hydrogen (secondary N) is 1. The van der Waals surface area contributed by atoms with Crippen molar-refractivity contribution in [3.8, 4) is 0 Å². The molecule has 1 aromatic carbocycles. The van der Waals surface area contributed by atoms with E-state index in [0.717, 1.165) is 31.4 Å². The number of rotatable bonds is 22. The standard InChI is InChI=1S/C30H49F2NO3/c1-3-4-5-6-7-8-9-10-11-12-13-14-15-16-17-18-19-20-24-36-30(35)25(2)33-29(34)28-26(31)22-21-23-27(28)32/h21-23,25H,3-20,24H2,1-2H3,(H,33,34). The van der Waals surface area contributed by atoms with Crippen molar-refractivity contribution in [2.24, 2.45) is 0 Å². The number of ether oxygens (including phenoxy) is 1. The van der Waals surface area contributed by atoms with Crippen molar-refractivity contribution in [3.63, 3.8) is 0 Å². The molecule has 1 atom stereocenters. The van der Waals surface area contributed by atoms with E-state index in [1.54, 1.807) is 0 Å². The van der Waals surface area contributed by atoms with E-state index < -0.39 is 35.1 Å². The highest BCUT2D eigenvalue weighted by molar-refractivity contribution is 5.97. The first-order valence-corrected chi connectivity index (χ1v) is 14.4. The van der Waals surface area contributed by atoms with Crippen molar-refractivity contribution in [2.75, 3.05) is 6.61 Å². The van der Waals surface area contributed by atoms with E-state index in [1.165, 1.54) is 109 Å². The molecule has 0 saturated heterocycles. The summed E-state index contributed by atoms with van der Waals surface area (Å²) in [4.78, 5) is 24.1. The van der Waals surface area contributed by atoms with Crippen molar-refractivity contribution in [1.29, 1.82) is 0 Å². The molecule has 0 radical (unpaired) electrons. The van der Waals surface area contributed by atoms with Crippen LogP contribution in [0.5, 0.6) is 0 Å². The molecule has 1 aromatic rings. The Bertz CT molecular complexity index is 706. The molecule has 0 aromatic heterocycles. The first-order valence-electron chi connectivity index (χ1n) is 14.4. The Balaban J connectivity index is 1.91. The molecule has 1 unspecified atom stereocenters. The predicted molar refractivity (Wildman–Crippen MR) is 143 cm³/mol. The van der Waals surface area contributed by atoms with Crippen LogP contribution in [-0.4, -0.2) is 24.5 Å². The topological polar surface area (TPSA) is 55.4 Å². The molecule has 0 spiro atoms. The zero-order chi connectivity index (χ0) is 26.4. The van der Waals surface area contributed by atoms with Gasteiger partial charge in [-0.25, -0.2) is 13.6 Å². The zero-order valence-electron chi connectivity index (χ0n) is 22.7. The molecule has 0 aliphatic heterocycles. The first kappa shape index (κ1) is 32.0. The monoisotopic (exact) mass is 509 g/mol. The van der Waals surface area contributed by atoms with Gasteiger partial charge in [-0.2, -0.15) is 0 Å². The third kappa shape index (κ3) is 15.2. The summed E-state index contributed by atoms with van der Waals surface area (Å²) in [6.07, 6.45) is 23.2. The molecule has 0 fully saturated rings. The summed E-state index contributed by atoms with van der Waals surface area (Å²) in [6.45, 7) is 3.99. The molecule has 6 heteroatoms. The van der Waals surface area contributed by atoms with Gasteiger partial charge in [0.2, 0.25) is 0 Å². The maximum atomic E-state index is 13.7. The Kier molecular flexibility index (Phi) is 18.8. The summed E-state index contributed by atoms with van der Waals surface area (Å²) in [5.74, 6) is -3.51. The third-order valence-corrected chi connectivity index (χ3v) is 6.63. The van der Waals surface area contributed by atoms with Crippen LogP contribution in [0.1, 0.15) is 140 Å². The summed E-state index contributed by atoms with van der Waals surface area (Å²) in [6, 6.07) is 2.20. The van der Waals surface area contributed by atoms with E-state index in [4.69, 9.17) is 4.74 Å². The number of halogens is 2. The molecular weight excluding hydrogens is 460 g/mol. The summed E-state index contributed by atoms with van der Waals surface area (Å²) in [5.41, 5.74) is -0.694. The minimum absolute atomic E-state index is 0.284. The molecular formula is C30H49F2NO3. The van der Waals surface area contributed by atoms with Crippen LogP contribution in [0.3, 0.4) is 0 Å². The SMILES string of the molecule is CCCCCCCCCCCCCCCCCCCCOC(=O)C(C)NC(=O)c1c(F)cccc1F. The summed E-state index contributed by atoms with van der Waals surface area (Å²) in [5, 5.41) is 2.29. The molecule has 1 amide bonds.